The van der Waals surface area contributed by atoms with Crippen LogP contribution in [0.3, 0.4) is 0 Å². The fraction of sp³-hybridized carbons (Fsp3) is 0.167. The summed E-state index contributed by atoms with van der Waals surface area (Å²) in [5, 5.41) is 4.21. The summed E-state index contributed by atoms with van der Waals surface area (Å²) in [5.74, 6) is -0.181. The standard InChI is InChI=1S/C24H20FN7O2/c1-30-10-14(8-28-30)13-3-4-15-21(11-34-22(15)5-13)31(2)24(33)16-6-19-18(7-17(16)25)29-23(26)20-9-27-12-32(19)20/h3-10,12,21H,11H2,1-2H3,(H2,26,29)/t21-/m1/s1. The molecule has 0 fully saturated rings. The highest BCUT2D eigenvalue weighted by molar-refractivity contribution is 5.98. The van der Waals surface area contributed by atoms with Crippen molar-refractivity contribution in [2.45, 2.75) is 6.04 Å². The van der Waals surface area contributed by atoms with Gasteiger partial charge in [-0.25, -0.2) is 14.4 Å². The highest BCUT2D eigenvalue weighted by Crippen LogP contribution is 2.39. The number of aryl methyl sites for hydroxylation is 1. The quantitative estimate of drug-likeness (QED) is 0.446. The number of rotatable bonds is 3. The van der Waals surface area contributed by atoms with E-state index in [1.807, 2.05) is 31.4 Å². The molecule has 1 amide bonds. The smallest absolute Gasteiger partial charge is 0.257 e. The Hall–Kier alpha value is -4.47. The molecule has 1 atom stereocenters. The number of hydrogen-bond acceptors (Lipinski definition) is 6. The van der Waals surface area contributed by atoms with Crippen molar-refractivity contribution in [3.8, 4) is 16.9 Å². The van der Waals surface area contributed by atoms with Crippen LogP contribution < -0.4 is 10.5 Å². The predicted octanol–water partition coefficient (Wildman–Crippen LogP) is 3.21. The molecule has 0 unspecified atom stereocenters. The van der Waals surface area contributed by atoms with Crippen molar-refractivity contribution >= 4 is 28.3 Å². The number of nitrogens with zero attached hydrogens (tertiary/aromatic N) is 6. The first kappa shape index (κ1) is 20.2. The number of carbonyl (C=O) groups excluding carboxylic acids is 1. The number of benzene rings is 2. The van der Waals surface area contributed by atoms with Crippen LogP contribution in [0.4, 0.5) is 10.2 Å². The van der Waals surface area contributed by atoms with E-state index < -0.39 is 11.7 Å². The molecular formula is C24H20FN7O2. The highest BCUT2D eigenvalue weighted by Gasteiger charge is 2.32. The van der Waals surface area contributed by atoms with Gasteiger partial charge >= 0.3 is 0 Å². The Kier molecular flexibility index (Phi) is 4.31. The van der Waals surface area contributed by atoms with Gasteiger partial charge in [-0.05, 0) is 17.7 Å². The number of likely N-dealkylation sites (N-methyl/N-ethyl adjacent to an activating group) is 1. The maximum atomic E-state index is 15.0. The molecule has 1 aliphatic rings. The van der Waals surface area contributed by atoms with E-state index in [0.29, 0.717) is 22.3 Å². The summed E-state index contributed by atoms with van der Waals surface area (Å²) in [4.78, 5) is 23.2. The van der Waals surface area contributed by atoms with Crippen molar-refractivity contribution in [3.63, 3.8) is 0 Å². The number of ether oxygens (including phenoxy) is 1. The van der Waals surface area contributed by atoms with Gasteiger partial charge in [-0.1, -0.05) is 12.1 Å². The molecule has 0 saturated carbocycles. The Labute approximate surface area is 193 Å². The number of halogens is 1. The molecule has 3 aromatic heterocycles. The van der Waals surface area contributed by atoms with E-state index in [2.05, 4.69) is 15.1 Å². The summed E-state index contributed by atoms with van der Waals surface area (Å²) < 4.78 is 24.3. The molecule has 2 aromatic carbocycles. The number of nitrogen functional groups attached to an aromatic ring is 1. The molecule has 170 valence electrons. The Bertz CT molecular complexity index is 1610. The third kappa shape index (κ3) is 2.99. The van der Waals surface area contributed by atoms with Crippen molar-refractivity contribution in [2.24, 2.45) is 7.05 Å². The van der Waals surface area contributed by atoms with E-state index in [0.717, 1.165) is 16.7 Å². The fourth-order valence-electron chi connectivity index (χ4n) is 4.46. The van der Waals surface area contributed by atoms with Crippen molar-refractivity contribution in [1.82, 2.24) is 29.0 Å². The van der Waals surface area contributed by atoms with Crippen LogP contribution in [0.2, 0.25) is 0 Å². The minimum absolute atomic E-state index is 0.0583. The Balaban J connectivity index is 1.35. The van der Waals surface area contributed by atoms with Crippen LogP contribution in [0.15, 0.2) is 55.2 Å². The molecule has 9 nitrogen and oxygen atoms in total. The largest absolute Gasteiger partial charge is 0.491 e. The van der Waals surface area contributed by atoms with Gasteiger partial charge in [0, 0.05) is 37.5 Å². The van der Waals surface area contributed by atoms with Gasteiger partial charge in [-0.2, -0.15) is 5.10 Å². The number of fused-ring (bicyclic) bond motifs is 4. The van der Waals surface area contributed by atoms with Crippen molar-refractivity contribution in [3.05, 3.63) is 72.2 Å². The van der Waals surface area contributed by atoms with Crippen molar-refractivity contribution < 1.29 is 13.9 Å². The van der Waals surface area contributed by atoms with Crippen LogP contribution >= 0.6 is 0 Å². The lowest BCUT2D eigenvalue weighted by Gasteiger charge is -2.24. The van der Waals surface area contributed by atoms with Gasteiger partial charge in [0.25, 0.3) is 5.91 Å². The molecule has 6 rings (SSSR count). The maximum absolute atomic E-state index is 15.0. The summed E-state index contributed by atoms with van der Waals surface area (Å²) in [7, 11) is 3.51. The van der Waals surface area contributed by atoms with Gasteiger partial charge in [-0.15, -0.1) is 0 Å². The summed E-state index contributed by atoms with van der Waals surface area (Å²) in [6.45, 7) is 0.285. The second kappa shape index (κ2) is 7.27. The van der Waals surface area contributed by atoms with Crippen LogP contribution in [-0.2, 0) is 7.05 Å². The zero-order valence-corrected chi connectivity index (χ0v) is 18.4. The van der Waals surface area contributed by atoms with Crippen LogP contribution in [0, 0.1) is 5.82 Å². The molecule has 0 radical (unpaired) electrons. The summed E-state index contributed by atoms with van der Waals surface area (Å²) >= 11 is 0. The molecule has 0 saturated heterocycles. The van der Waals surface area contributed by atoms with Crippen LogP contribution in [0.25, 0.3) is 27.7 Å². The molecule has 1 aliphatic heterocycles. The first-order valence-corrected chi connectivity index (χ1v) is 10.6. The van der Waals surface area contributed by atoms with E-state index in [4.69, 9.17) is 10.5 Å². The van der Waals surface area contributed by atoms with Gasteiger partial charge in [0.1, 0.15) is 29.5 Å². The zero-order chi connectivity index (χ0) is 23.6. The molecule has 0 spiro atoms. The third-order valence-corrected chi connectivity index (χ3v) is 6.29. The number of nitrogens with two attached hydrogens (primary N) is 1. The third-order valence-electron chi connectivity index (χ3n) is 6.29. The van der Waals surface area contributed by atoms with E-state index in [1.165, 1.54) is 17.0 Å². The zero-order valence-electron chi connectivity index (χ0n) is 18.4. The van der Waals surface area contributed by atoms with Crippen molar-refractivity contribution in [1.29, 1.82) is 0 Å². The number of amides is 1. The van der Waals surface area contributed by atoms with Crippen LogP contribution in [-0.4, -0.2) is 48.6 Å². The highest BCUT2D eigenvalue weighted by atomic mass is 19.1. The van der Waals surface area contributed by atoms with Gasteiger partial charge < -0.3 is 15.4 Å². The monoisotopic (exact) mass is 457 g/mol. The van der Waals surface area contributed by atoms with E-state index in [-0.39, 0.29) is 24.0 Å². The Morgan fingerprint density at radius 3 is 2.85 bits per heavy atom. The summed E-state index contributed by atoms with van der Waals surface area (Å²) in [6.07, 6.45) is 6.84. The lowest BCUT2D eigenvalue weighted by atomic mass is 10.0. The molecule has 10 heteroatoms. The van der Waals surface area contributed by atoms with Crippen LogP contribution in [0.5, 0.6) is 5.75 Å². The molecule has 4 heterocycles. The summed E-state index contributed by atoms with van der Waals surface area (Å²) in [6, 6.07) is 8.22. The van der Waals surface area contributed by atoms with Crippen molar-refractivity contribution in [2.75, 3.05) is 19.4 Å². The van der Waals surface area contributed by atoms with Gasteiger partial charge in [0.05, 0.1) is 41.4 Å². The molecule has 34 heavy (non-hydrogen) atoms. The first-order chi connectivity index (χ1) is 16.4. The van der Waals surface area contributed by atoms with Gasteiger partial charge in [0.15, 0.2) is 0 Å². The van der Waals surface area contributed by atoms with Gasteiger partial charge in [0.2, 0.25) is 0 Å². The van der Waals surface area contributed by atoms with E-state index >= 15 is 4.39 Å². The Morgan fingerprint density at radius 2 is 2.06 bits per heavy atom. The summed E-state index contributed by atoms with van der Waals surface area (Å²) in [5.41, 5.74) is 10.2. The van der Waals surface area contributed by atoms with E-state index in [9.17, 15) is 4.79 Å². The minimum Gasteiger partial charge on any atom is -0.491 e. The second-order valence-electron chi connectivity index (χ2n) is 8.36. The lowest BCUT2D eigenvalue weighted by Crippen LogP contribution is -2.32. The van der Waals surface area contributed by atoms with E-state index in [1.54, 1.807) is 34.9 Å². The molecular weight excluding hydrogens is 437 g/mol. The lowest BCUT2D eigenvalue weighted by molar-refractivity contribution is 0.0704. The predicted molar refractivity (Wildman–Crippen MR) is 124 cm³/mol. The SMILES string of the molecule is CN(C(=O)c1cc2c(cc1F)nc(N)c1cncn12)[C@@H]1COc2cc(-c3cnn(C)c3)ccc21. The topological polar surface area (TPSA) is 104 Å². The number of imidazole rings is 1. The maximum Gasteiger partial charge on any atom is 0.257 e. The normalized spacial score (nSPS) is 15.0. The molecule has 2 N–H and O–H groups in total. The minimum atomic E-state index is -0.665. The second-order valence-corrected chi connectivity index (χ2v) is 8.36. The Morgan fingerprint density at radius 1 is 1.21 bits per heavy atom. The number of carbonyl (C=O) groups is 1. The number of aromatic nitrogens is 5. The molecule has 0 bridgehead atoms. The number of anilines is 1. The molecule has 0 aliphatic carbocycles. The fourth-order valence-corrected chi connectivity index (χ4v) is 4.46. The average molecular weight is 457 g/mol. The van der Waals surface area contributed by atoms with Gasteiger partial charge in [-0.3, -0.25) is 13.9 Å². The molecule has 5 aromatic rings. The first-order valence-electron chi connectivity index (χ1n) is 10.6. The average Bonchev–Trinajstić information content (AvgIpc) is 3.57. The van der Waals surface area contributed by atoms with Crippen LogP contribution in [0.1, 0.15) is 22.0 Å². The number of hydrogen-bond donors (Lipinski definition) is 1.